The highest BCUT2D eigenvalue weighted by Crippen LogP contribution is 2.29. The predicted molar refractivity (Wildman–Crippen MR) is 116 cm³/mol. The molecule has 0 spiro atoms. The van der Waals surface area contributed by atoms with E-state index in [-0.39, 0.29) is 6.04 Å². The van der Waals surface area contributed by atoms with Gasteiger partial charge >= 0.3 is 0 Å². The van der Waals surface area contributed by atoms with Crippen LogP contribution in [0.25, 0.3) is 0 Å². The molecule has 0 fully saturated rings. The quantitative estimate of drug-likeness (QED) is 0.565. The number of benzene rings is 2. The van der Waals surface area contributed by atoms with E-state index >= 15 is 0 Å². The molecule has 0 aliphatic carbocycles. The number of rotatable bonds is 10. The fourth-order valence-corrected chi connectivity index (χ4v) is 3.17. The molecule has 3 rings (SSSR count). The lowest BCUT2D eigenvalue weighted by Gasteiger charge is -2.23. The van der Waals surface area contributed by atoms with Crippen molar-refractivity contribution >= 4 is 0 Å². The van der Waals surface area contributed by atoms with E-state index in [0.717, 1.165) is 35.7 Å². The lowest BCUT2D eigenvalue weighted by atomic mass is 10.1. The lowest BCUT2D eigenvalue weighted by molar-refractivity contribution is 0.283. The van der Waals surface area contributed by atoms with Crippen LogP contribution in [0.1, 0.15) is 22.7 Å². The molecule has 0 radical (unpaired) electrons. The van der Waals surface area contributed by atoms with Crippen LogP contribution in [0.5, 0.6) is 11.5 Å². The maximum atomic E-state index is 6.01. The molecule has 0 amide bonds. The van der Waals surface area contributed by atoms with Gasteiger partial charge in [-0.15, -0.1) is 0 Å². The lowest BCUT2D eigenvalue weighted by Crippen LogP contribution is -2.30. The molecule has 0 aliphatic heterocycles. The average molecular weight is 392 g/mol. The van der Waals surface area contributed by atoms with E-state index in [4.69, 9.17) is 9.47 Å². The highest BCUT2D eigenvalue weighted by atomic mass is 16.5. The van der Waals surface area contributed by atoms with E-state index in [1.807, 2.05) is 36.5 Å². The number of nitrogens with one attached hydrogen (secondary N) is 1. The summed E-state index contributed by atoms with van der Waals surface area (Å²) in [5, 5.41) is 3.67. The second kappa shape index (κ2) is 10.6. The molecule has 0 saturated heterocycles. The Bertz CT molecular complexity index is 870. The van der Waals surface area contributed by atoms with Crippen molar-refractivity contribution in [1.29, 1.82) is 0 Å². The second-order valence-electron chi connectivity index (χ2n) is 7.24. The van der Waals surface area contributed by atoms with Crippen molar-refractivity contribution < 1.29 is 9.47 Å². The van der Waals surface area contributed by atoms with Crippen LogP contribution < -0.4 is 14.8 Å². The van der Waals surface area contributed by atoms with Crippen molar-refractivity contribution in [3.63, 3.8) is 0 Å². The molecule has 2 aromatic carbocycles. The maximum absolute atomic E-state index is 6.01. The molecule has 0 bridgehead atoms. The Morgan fingerprint density at radius 3 is 2.48 bits per heavy atom. The minimum Gasteiger partial charge on any atom is -0.493 e. The van der Waals surface area contributed by atoms with Gasteiger partial charge in [-0.2, -0.15) is 0 Å². The molecule has 1 N–H and O–H groups in total. The molecule has 1 heterocycles. The fourth-order valence-electron chi connectivity index (χ4n) is 3.17. The van der Waals surface area contributed by atoms with Gasteiger partial charge in [-0.25, -0.2) is 0 Å². The third kappa shape index (κ3) is 6.31. The van der Waals surface area contributed by atoms with Gasteiger partial charge in [0.05, 0.1) is 7.11 Å². The molecule has 5 heteroatoms. The summed E-state index contributed by atoms with van der Waals surface area (Å²) in [5.74, 6) is 1.46. The van der Waals surface area contributed by atoms with Crippen LogP contribution >= 0.6 is 0 Å². The third-order valence-corrected chi connectivity index (χ3v) is 4.65. The summed E-state index contributed by atoms with van der Waals surface area (Å²) in [6, 6.07) is 20.8. The van der Waals surface area contributed by atoms with Gasteiger partial charge in [0, 0.05) is 37.1 Å². The molecular formula is C24H29N3O2. The number of nitrogens with zero attached hydrogens (tertiary/aromatic N) is 2. The van der Waals surface area contributed by atoms with Gasteiger partial charge in [-0.3, -0.25) is 4.98 Å². The molecule has 1 aromatic heterocycles. The Labute approximate surface area is 173 Å². The Hall–Kier alpha value is -2.89. The first-order chi connectivity index (χ1) is 14.2. The van der Waals surface area contributed by atoms with Crippen LogP contribution in [0.15, 0.2) is 73.1 Å². The van der Waals surface area contributed by atoms with E-state index in [0.29, 0.717) is 6.61 Å². The molecule has 29 heavy (non-hydrogen) atoms. The number of pyridine rings is 1. The summed E-state index contributed by atoms with van der Waals surface area (Å²) >= 11 is 0. The first kappa shape index (κ1) is 20.8. The van der Waals surface area contributed by atoms with E-state index in [1.165, 1.54) is 5.56 Å². The average Bonchev–Trinajstić information content (AvgIpc) is 2.76. The van der Waals surface area contributed by atoms with E-state index in [9.17, 15) is 0 Å². The summed E-state index contributed by atoms with van der Waals surface area (Å²) in [4.78, 5) is 6.33. The number of likely N-dealkylation sites (N-methyl/N-ethyl adjacent to an activating group) is 1. The zero-order valence-electron chi connectivity index (χ0n) is 17.3. The highest BCUT2D eigenvalue weighted by Gasteiger charge is 2.13. The Kier molecular flexibility index (Phi) is 7.61. The van der Waals surface area contributed by atoms with Crippen LogP contribution in [0.4, 0.5) is 0 Å². The van der Waals surface area contributed by atoms with Crippen molar-refractivity contribution in [1.82, 2.24) is 15.2 Å². The number of hydrogen-bond donors (Lipinski definition) is 1. The van der Waals surface area contributed by atoms with Gasteiger partial charge in [-0.1, -0.05) is 42.5 Å². The van der Waals surface area contributed by atoms with E-state index in [2.05, 4.69) is 59.6 Å². The molecule has 0 aliphatic rings. The van der Waals surface area contributed by atoms with Crippen molar-refractivity contribution in [2.75, 3.05) is 27.7 Å². The SMILES string of the molecule is COc1ccc(CNC(CN(C)C)c2ccccc2)cc1OCc1cccnc1. The van der Waals surface area contributed by atoms with Crippen LogP contribution in [-0.2, 0) is 13.2 Å². The maximum Gasteiger partial charge on any atom is 0.161 e. The normalized spacial score (nSPS) is 12.0. The minimum atomic E-state index is 0.244. The molecule has 1 unspecified atom stereocenters. The summed E-state index contributed by atoms with van der Waals surface area (Å²) in [5.41, 5.74) is 3.45. The van der Waals surface area contributed by atoms with Gasteiger partial charge in [0.15, 0.2) is 11.5 Å². The van der Waals surface area contributed by atoms with Crippen LogP contribution in [-0.4, -0.2) is 37.6 Å². The number of methoxy groups -OCH3 is 1. The Morgan fingerprint density at radius 1 is 0.966 bits per heavy atom. The van der Waals surface area contributed by atoms with Crippen molar-refractivity contribution in [3.8, 4) is 11.5 Å². The summed E-state index contributed by atoms with van der Waals surface area (Å²) < 4.78 is 11.5. The second-order valence-corrected chi connectivity index (χ2v) is 7.24. The van der Waals surface area contributed by atoms with Gasteiger partial charge in [0.25, 0.3) is 0 Å². The largest absolute Gasteiger partial charge is 0.493 e. The summed E-state index contributed by atoms with van der Waals surface area (Å²) in [7, 11) is 5.84. The topological polar surface area (TPSA) is 46.6 Å². The molecule has 3 aromatic rings. The number of ether oxygens (including phenoxy) is 2. The van der Waals surface area contributed by atoms with Gasteiger partial charge < -0.3 is 19.7 Å². The predicted octanol–water partition coefficient (Wildman–Crippen LogP) is 4.06. The zero-order chi connectivity index (χ0) is 20.5. The Balaban J connectivity index is 1.69. The Morgan fingerprint density at radius 2 is 1.79 bits per heavy atom. The van der Waals surface area contributed by atoms with E-state index < -0.39 is 0 Å². The summed E-state index contributed by atoms with van der Waals surface area (Å²) in [6.45, 7) is 2.11. The van der Waals surface area contributed by atoms with Crippen LogP contribution in [0, 0.1) is 0 Å². The zero-order valence-corrected chi connectivity index (χ0v) is 17.3. The van der Waals surface area contributed by atoms with Crippen LogP contribution in [0.2, 0.25) is 0 Å². The van der Waals surface area contributed by atoms with Crippen LogP contribution in [0.3, 0.4) is 0 Å². The third-order valence-electron chi connectivity index (χ3n) is 4.65. The van der Waals surface area contributed by atoms with Gasteiger partial charge in [0.1, 0.15) is 6.61 Å². The molecule has 1 atom stereocenters. The standard InChI is InChI=1S/C24H29N3O2/c1-27(2)17-22(21-9-5-4-6-10-21)26-16-19-11-12-23(28-3)24(14-19)29-18-20-8-7-13-25-15-20/h4-15,22,26H,16-18H2,1-3H3. The van der Waals surface area contributed by atoms with Gasteiger partial charge in [0.2, 0.25) is 0 Å². The molecule has 5 nitrogen and oxygen atoms in total. The van der Waals surface area contributed by atoms with Crippen molar-refractivity contribution in [3.05, 3.63) is 89.7 Å². The van der Waals surface area contributed by atoms with Crippen molar-refractivity contribution in [2.45, 2.75) is 19.2 Å². The van der Waals surface area contributed by atoms with E-state index in [1.54, 1.807) is 13.3 Å². The fraction of sp³-hybridized carbons (Fsp3) is 0.292. The van der Waals surface area contributed by atoms with Crippen molar-refractivity contribution in [2.24, 2.45) is 0 Å². The smallest absolute Gasteiger partial charge is 0.161 e. The highest BCUT2D eigenvalue weighted by molar-refractivity contribution is 5.43. The first-order valence-electron chi connectivity index (χ1n) is 9.77. The summed E-state index contributed by atoms with van der Waals surface area (Å²) in [6.07, 6.45) is 3.57. The number of aromatic nitrogens is 1. The monoisotopic (exact) mass is 391 g/mol. The molecular weight excluding hydrogens is 362 g/mol. The molecule has 152 valence electrons. The minimum absolute atomic E-state index is 0.244. The first-order valence-corrected chi connectivity index (χ1v) is 9.77. The number of hydrogen-bond acceptors (Lipinski definition) is 5. The molecule has 0 saturated carbocycles. The van der Waals surface area contributed by atoms with Gasteiger partial charge in [-0.05, 0) is 43.4 Å².